The summed E-state index contributed by atoms with van der Waals surface area (Å²) in [6.45, 7) is 8.02. The lowest BCUT2D eigenvalue weighted by atomic mass is 10.0. The van der Waals surface area contributed by atoms with Gasteiger partial charge in [0, 0.05) is 5.69 Å². The first-order valence-corrected chi connectivity index (χ1v) is 10.1. The topological polar surface area (TPSA) is 71.8 Å². The van der Waals surface area contributed by atoms with E-state index in [9.17, 15) is 4.79 Å². The van der Waals surface area contributed by atoms with Gasteiger partial charge in [-0.1, -0.05) is 53.7 Å². The largest absolute Gasteiger partial charge is 0.325 e. The second kappa shape index (κ2) is 7.31. The van der Waals surface area contributed by atoms with E-state index in [4.69, 9.17) is 0 Å². The van der Waals surface area contributed by atoms with Crippen LogP contribution in [0.2, 0.25) is 0 Å². The Morgan fingerprint density at radius 2 is 1.82 bits per heavy atom. The minimum absolute atomic E-state index is 0.0521. The molecule has 144 valence electrons. The van der Waals surface area contributed by atoms with Crippen molar-refractivity contribution in [3.05, 3.63) is 70.5 Å². The molecule has 1 aliphatic rings. The maximum atomic E-state index is 13.3. The maximum absolute atomic E-state index is 13.3. The van der Waals surface area contributed by atoms with Crippen LogP contribution >= 0.6 is 11.8 Å². The fraction of sp³-hybridized carbons (Fsp3) is 0.286. The van der Waals surface area contributed by atoms with Gasteiger partial charge < -0.3 is 10.7 Å². The molecule has 2 atom stereocenters. The van der Waals surface area contributed by atoms with Gasteiger partial charge >= 0.3 is 0 Å². The van der Waals surface area contributed by atoms with Crippen LogP contribution in [0.1, 0.15) is 34.1 Å². The van der Waals surface area contributed by atoms with Crippen LogP contribution in [0.5, 0.6) is 0 Å². The van der Waals surface area contributed by atoms with Crippen molar-refractivity contribution in [3.63, 3.8) is 0 Å². The highest BCUT2D eigenvalue weighted by Crippen LogP contribution is 2.37. The van der Waals surface area contributed by atoms with Crippen molar-refractivity contribution in [3.8, 4) is 0 Å². The fourth-order valence-electron chi connectivity index (χ4n) is 3.27. The van der Waals surface area contributed by atoms with Crippen molar-refractivity contribution in [2.45, 2.75) is 44.1 Å². The number of carbonyl (C=O) groups is 1. The fourth-order valence-corrected chi connectivity index (χ4v) is 4.40. The van der Waals surface area contributed by atoms with Crippen molar-refractivity contribution in [1.29, 1.82) is 0 Å². The minimum atomic E-state index is -0.376. The highest BCUT2D eigenvalue weighted by Gasteiger charge is 2.37. The predicted octanol–water partition coefficient (Wildman–Crippen LogP) is 3.91. The van der Waals surface area contributed by atoms with Crippen LogP contribution in [0.25, 0.3) is 0 Å². The van der Waals surface area contributed by atoms with E-state index >= 15 is 0 Å². The van der Waals surface area contributed by atoms with Gasteiger partial charge in [0.1, 0.15) is 11.1 Å². The number of benzene rings is 2. The van der Waals surface area contributed by atoms with E-state index in [0.29, 0.717) is 5.16 Å². The molecule has 6 nitrogen and oxygen atoms in total. The third-order valence-electron chi connectivity index (χ3n) is 5.16. The zero-order valence-electron chi connectivity index (χ0n) is 16.4. The molecule has 1 aliphatic heterocycles. The number of hydrogen-bond acceptors (Lipinski definition) is 5. The molecule has 1 amide bonds. The Hall–Kier alpha value is -2.80. The van der Waals surface area contributed by atoms with Gasteiger partial charge in [0.25, 0.3) is 0 Å². The Bertz CT molecular complexity index is 1030. The molecule has 4 rings (SSSR count). The minimum Gasteiger partial charge on any atom is -0.325 e. The van der Waals surface area contributed by atoms with Crippen LogP contribution in [0.4, 0.5) is 5.69 Å². The Balaban J connectivity index is 1.68. The molecule has 2 aromatic carbocycles. The number of rotatable bonds is 3. The molecule has 0 fully saturated rings. The van der Waals surface area contributed by atoms with Crippen LogP contribution in [0.3, 0.4) is 0 Å². The number of nitrogens with one attached hydrogen (secondary N) is 2. The molecule has 1 aromatic heterocycles. The third kappa shape index (κ3) is 3.38. The van der Waals surface area contributed by atoms with Gasteiger partial charge in [-0.2, -0.15) is 0 Å². The Kier molecular flexibility index (Phi) is 4.85. The molecule has 0 aliphatic carbocycles. The normalized spacial score (nSPS) is 18.3. The highest BCUT2D eigenvalue weighted by molar-refractivity contribution is 8.00. The Morgan fingerprint density at radius 1 is 1.07 bits per heavy atom. The molecule has 0 saturated carbocycles. The van der Waals surface area contributed by atoms with E-state index < -0.39 is 0 Å². The number of amides is 1. The number of aryl methyl sites for hydroxylation is 3. The summed E-state index contributed by atoms with van der Waals surface area (Å²) in [5.41, 5.74) is 8.75. The molecule has 0 saturated heterocycles. The summed E-state index contributed by atoms with van der Waals surface area (Å²) in [6.07, 6.45) is 0. The molecule has 28 heavy (non-hydrogen) atoms. The lowest BCUT2D eigenvalue weighted by Crippen LogP contribution is -2.41. The van der Waals surface area contributed by atoms with E-state index in [-0.39, 0.29) is 17.2 Å². The van der Waals surface area contributed by atoms with E-state index in [1.807, 2.05) is 43.6 Å². The number of hydrogen-bond donors (Lipinski definition) is 2. The Morgan fingerprint density at radius 3 is 2.57 bits per heavy atom. The molecule has 0 spiro atoms. The third-order valence-corrected chi connectivity index (χ3v) is 6.37. The molecule has 7 heteroatoms. The van der Waals surface area contributed by atoms with Crippen molar-refractivity contribution >= 4 is 23.4 Å². The summed E-state index contributed by atoms with van der Waals surface area (Å²) in [4.78, 5) is 13.3. The van der Waals surface area contributed by atoms with E-state index in [1.165, 1.54) is 17.3 Å². The van der Waals surface area contributed by atoms with Crippen LogP contribution in [-0.4, -0.2) is 26.0 Å². The van der Waals surface area contributed by atoms with E-state index in [0.717, 1.165) is 28.2 Å². The standard InChI is InChI=1S/C21H23N5OS/c1-12-8-10-16(11-9-12)18-19(28-21-24-23-15(4)26(21)25-18)20(27)22-17-7-5-6-13(2)14(17)3/h5-11,18-19,25H,1-4H3,(H,22,27)/t18-,19+/m0/s1. The second-order valence-electron chi connectivity index (χ2n) is 7.16. The van der Waals surface area contributed by atoms with Crippen molar-refractivity contribution in [2.75, 3.05) is 10.7 Å². The average molecular weight is 394 g/mol. The van der Waals surface area contributed by atoms with Gasteiger partial charge in [-0.05, 0) is 50.5 Å². The molecule has 0 unspecified atom stereocenters. The number of thioether (sulfide) groups is 1. The monoisotopic (exact) mass is 393 g/mol. The predicted molar refractivity (Wildman–Crippen MR) is 112 cm³/mol. The van der Waals surface area contributed by atoms with Crippen LogP contribution < -0.4 is 10.7 Å². The number of carbonyl (C=O) groups excluding carboxylic acids is 1. The van der Waals surface area contributed by atoms with Crippen LogP contribution in [0, 0.1) is 27.7 Å². The smallest absolute Gasteiger partial charge is 0.240 e. The summed E-state index contributed by atoms with van der Waals surface area (Å²) < 4.78 is 1.86. The number of anilines is 1. The molecule has 2 N–H and O–H groups in total. The molecule has 0 radical (unpaired) electrons. The number of nitrogens with zero attached hydrogens (tertiary/aromatic N) is 3. The summed E-state index contributed by atoms with van der Waals surface area (Å²) in [5, 5.41) is 11.8. The Labute approximate surface area is 168 Å². The first kappa shape index (κ1) is 18.6. The summed E-state index contributed by atoms with van der Waals surface area (Å²) in [5.74, 6) is 0.719. The van der Waals surface area contributed by atoms with Gasteiger partial charge in [-0.3, -0.25) is 4.79 Å². The van der Waals surface area contributed by atoms with Crippen LogP contribution in [0.15, 0.2) is 47.6 Å². The molecular weight excluding hydrogens is 370 g/mol. The first-order valence-electron chi connectivity index (χ1n) is 9.23. The zero-order chi connectivity index (χ0) is 19.8. The number of fused-ring (bicyclic) bond motifs is 1. The second-order valence-corrected chi connectivity index (χ2v) is 8.27. The van der Waals surface area contributed by atoms with E-state index in [2.05, 4.69) is 52.1 Å². The lowest BCUT2D eigenvalue weighted by molar-refractivity contribution is -0.116. The van der Waals surface area contributed by atoms with Gasteiger partial charge in [0.15, 0.2) is 0 Å². The van der Waals surface area contributed by atoms with Crippen molar-refractivity contribution in [2.24, 2.45) is 0 Å². The highest BCUT2D eigenvalue weighted by atomic mass is 32.2. The zero-order valence-corrected chi connectivity index (χ0v) is 17.2. The summed E-state index contributed by atoms with van der Waals surface area (Å²) in [7, 11) is 0. The quantitative estimate of drug-likeness (QED) is 0.706. The SMILES string of the molecule is Cc1ccc([C@@H]2Nn3c(C)nnc3S[C@H]2C(=O)Nc2cccc(C)c2C)cc1. The van der Waals surface area contributed by atoms with Crippen molar-refractivity contribution in [1.82, 2.24) is 14.9 Å². The van der Waals surface area contributed by atoms with Gasteiger partial charge in [0.2, 0.25) is 11.1 Å². The van der Waals surface area contributed by atoms with Gasteiger partial charge in [0.05, 0.1) is 6.04 Å². The molecule has 2 heterocycles. The summed E-state index contributed by atoms with van der Waals surface area (Å²) in [6, 6.07) is 14.0. The first-order chi connectivity index (χ1) is 13.4. The van der Waals surface area contributed by atoms with Crippen LogP contribution in [-0.2, 0) is 4.79 Å². The van der Waals surface area contributed by atoms with E-state index in [1.54, 1.807) is 0 Å². The maximum Gasteiger partial charge on any atom is 0.240 e. The molecular formula is C21H23N5OS. The lowest BCUT2D eigenvalue weighted by Gasteiger charge is -2.33. The average Bonchev–Trinajstić information content (AvgIpc) is 3.05. The van der Waals surface area contributed by atoms with Gasteiger partial charge in [-0.15, -0.1) is 10.2 Å². The number of aromatic nitrogens is 3. The molecule has 3 aromatic rings. The van der Waals surface area contributed by atoms with Gasteiger partial charge in [-0.25, -0.2) is 4.68 Å². The van der Waals surface area contributed by atoms with Crippen molar-refractivity contribution < 1.29 is 4.79 Å². The molecule has 0 bridgehead atoms. The summed E-state index contributed by atoms with van der Waals surface area (Å²) >= 11 is 1.44.